The van der Waals surface area contributed by atoms with Gasteiger partial charge in [-0.1, -0.05) is 18.2 Å². The third-order valence-electron chi connectivity index (χ3n) is 4.46. The molecule has 1 N–H and O–H groups in total. The Morgan fingerprint density at radius 2 is 2.08 bits per heavy atom. The van der Waals surface area contributed by atoms with Crippen molar-refractivity contribution in [3.05, 3.63) is 53.9 Å². The summed E-state index contributed by atoms with van der Waals surface area (Å²) in [6.07, 6.45) is 3.73. The lowest BCUT2D eigenvalue weighted by Gasteiger charge is -2.32. The van der Waals surface area contributed by atoms with E-state index in [2.05, 4.69) is 15.7 Å². The Labute approximate surface area is 148 Å². The van der Waals surface area contributed by atoms with Gasteiger partial charge in [-0.25, -0.2) is 13.1 Å². The van der Waals surface area contributed by atoms with Crippen molar-refractivity contribution in [2.45, 2.75) is 30.3 Å². The van der Waals surface area contributed by atoms with Gasteiger partial charge in [0.25, 0.3) is 0 Å². The van der Waals surface area contributed by atoms with Crippen molar-refractivity contribution in [2.24, 2.45) is 7.05 Å². The summed E-state index contributed by atoms with van der Waals surface area (Å²) in [6.45, 7) is 2.32. The third-order valence-corrected chi connectivity index (χ3v) is 6.00. The molecular weight excluding hydrogens is 336 g/mol. The first-order valence-corrected chi connectivity index (χ1v) is 9.81. The van der Waals surface area contributed by atoms with E-state index in [9.17, 15) is 8.42 Å². The zero-order chi connectivity index (χ0) is 17.9. The standard InChI is InChI=1S/C18H22N4O2S/c1-21-12-15(10-17(21)11-19)13-22-9-5-6-16(14-22)20-25(23,24)18-7-3-2-4-8-18/h2-4,7-8,10,12,16,20H,5-6,9,13-14H2,1H3. The number of nitrogens with zero attached hydrogens (tertiary/aromatic N) is 3. The summed E-state index contributed by atoms with van der Waals surface area (Å²) in [5, 5.41) is 9.05. The van der Waals surface area contributed by atoms with E-state index in [-0.39, 0.29) is 6.04 Å². The smallest absolute Gasteiger partial charge is 0.240 e. The van der Waals surface area contributed by atoms with Crippen molar-refractivity contribution in [1.82, 2.24) is 14.2 Å². The van der Waals surface area contributed by atoms with Gasteiger partial charge in [0.05, 0.1) is 4.90 Å². The fourth-order valence-corrected chi connectivity index (χ4v) is 4.55. The molecule has 1 unspecified atom stereocenters. The Balaban J connectivity index is 1.64. The van der Waals surface area contributed by atoms with Crippen LogP contribution < -0.4 is 4.72 Å². The van der Waals surface area contributed by atoms with Crippen LogP contribution in [0.5, 0.6) is 0 Å². The summed E-state index contributed by atoms with van der Waals surface area (Å²) in [5.41, 5.74) is 1.71. The average molecular weight is 358 g/mol. The largest absolute Gasteiger partial charge is 0.342 e. The highest BCUT2D eigenvalue weighted by Crippen LogP contribution is 2.17. The van der Waals surface area contributed by atoms with Crippen LogP contribution in [0.2, 0.25) is 0 Å². The maximum absolute atomic E-state index is 12.5. The summed E-state index contributed by atoms with van der Waals surface area (Å²) in [4.78, 5) is 2.53. The first-order chi connectivity index (χ1) is 12.0. The summed E-state index contributed by atoms with van der Waals surface area (Å²) >= 11 is 0. The van der Waals surface area contributed by atoms with Crippen LogP contribution in [0.25, 0.3) is 0 Å². The lowest BCUT2D eigenvalue weighted by atomic mass is 10.1. The first kappa shape index (κ1) is 17.7. The second-order valence-corrected chi connectivity index (χ2v) is 8.18. The first-order valence-electron chi connectivity index (χ1n) is 8.33. The molecule has 2 heterocycles. The topological polar surface area (TPSA) is 78.1 Å². The number of hydrogen-bond acceptors (Lipinski definition) is 4. The molecule has 1 aliphatic heterocycles. The lowest BCUT2D eigenvalue weighted by molar-refractivity contribution is 0.194. The minimum absolute atomic E-state index is 0.0990. The lowest BCUT2D eigenvalue weighted by Crippen LogP contribution is -2.47. The fraction of sp³-hybridized carbons (Fsp3) is 0.389. The van der Waals surface area contributed by atoms with E-state index < -0.39 is 10.0 Å². The zero-order valence-corrected chi connectivity index (χ0v) is 15.0. The summed E-state index contributed by atoms with van der Waals surface area (Å²) in [5.74, 6) is 0. The van der Waals surface area contributed by atoms with Crippen LogP contribution in [0, 0.1) is 11.3 Å². The molecule has 0 aliphatic carbocycles. The number of likely N-dealkylation sites (tertiary alicyclic amines) is 1. The van der Waals surface area contributed by atoms with Crippen LogP contribution >= 0.6 is 0 Å². The van der Waals surface area contributed by atoms with Gasteiger partial charge in [0, 0.05) is 32.4 Å². The zero-order valence-electron chi connectivity index (χ0n) is 14.2. The Hall–Kier alpha value is -2.14. The summed E-state index contributed by atoms with van der Waals surface area (Å²) in [6, 6.07) is 12.4. The number of hydrogen-bond donors (Lipinski definition) is 1. The quantitative estimate of drug-likeness (QED) is 0.885. The van der Waals surface area contributed by atoms with Crippen LogP contribution in [0.3, 0.4) is 0 Å². The molecule has 1 fully saturated rings. The van der Waals surface area contributed by atoms with E-state index in [4.69, 9.17) is 5.26 Å². The highest BCUT2D eigenvalue weighted by Gasteiger charge is 2.25. The number of nitrogens with one attached hydrogen (secondary N) is 1. The maximum Gasteiger partial charge on any atom is 0.240 e. The summed E-state index contributed by atoms with van der Waals surface area (Å²) < 4.78 is 29.6. The Kier molecular flexibility index (Phi) is 5.23. The molecule has 7 heteroatoms. The molecule has 1 aliphatic rings. The minimum atomic E-state index is -3.49. The van der Waals surface area contributed by atoms with Crippen molar-refractivity contribution in [1.29, 1.82) is 5.26 Å². The molecule has 0 radical (unpaired) electrons. The second kappa shape index (κ2) is 7.40. The van der Waals surface area contributed by atoms with Gasteiger partial charge in [0.15, 0.2) is 0 Å². The number of benzene rings is 1. The third kappa shape index (κ3) is 4.28. The molecule has 1 saturated heterocycles. The van der Waals surface area contributed by atoms with E-state index in [0.717, 1.165) is 31.5 Å². The molecule has 1 atom stereocenters. The van der Waals surface area contributed by atoms with Crippen LogP contribution in [0.15, 0.2) is 47.5 Å². The number of nitriles is 1. The molecule has 132 valence electrons. The van der Waals surface area contributed by atoms with Gasteiger partial charge in [-0.15, -0.1) is 0 Å². The second-order valence-electron chi connectivity index (χ2n) is 6.46. The molecule has 3 rings (SSSR count). The van der Waals surface area contributed by atoms with E-state index >= 15 is 0 Å². The summed E-state index contributed by atoms with van der Waals surface area (Å²) in [7, 11) is -1.63. The van der Waals surface area contributed by atoms with Crippen molar-refractivity contribution in [3.8, 4) is 6.07 Å². The molecule has 25 heavy (non-hydrogen) atoms. The Morgan fingerprint density at radius 1 is 1.32 bits per heavy atom. The van der Waals surface area contributed by atoms with Crippen molar-refractivity contribution in [2.75, 3.05) is 13.1 Å². The average Bonchev–Trinajstić information content (AvgIpc) is 2.95. The van der Waals surface area contributed by atoms with Gasteiger partial charge in [0.1, 0.15) is 11.8 Å². The minimum Gasteiger partial charge on any atom is -0.342 e. The predicted molar refractivity (Wildman–Crippen MR) is 95.2 cm³/mol. The maximum atomic E-state index is 12.5. The van der Waals surface area contributed by atoms with Gasteiger partial charge in [-0.05, 0) is 43.1 Å². The van der Waals surface area contributed by atoms with Crippen LogP contribution in [0.4, 0.5) is 0 Å². The fourth-order valence-electron chi connectivity index (χ4n) is 3.27. The SMILES string of the molecule is Cn1cc(CN2CCCC(NS(=O)(=O)c3ccccc3)C2)cc1C#N. The number of piperidine rings is 1. The van der Waals surface area contributed by atoms with Crippen molar-refractivity contribution in [3.63, 3.8) is 0 Å². The number of aryl methyl sites for hydroxylation is 1. The van der Waals surface area contributed by atoms with Crippen molar-refractivity contribution >= 4 is 10.0 Å². The molecule has 1 aromatic heterocycles. The van der Waals surface area contributed by atoms with E-state index in [0.29, 0.717) is 17.1 Å². The van der Waals surface area contributed by atoms with Crippen molar-refractivity contribution < 1.29 is 8.42 Å². The van der Waals surface area contributed by atoms with E-state index in [1.807, 2.05) is 23.9 Å². The number of rotatable bonds is 5. The van der Waals surface area contributed by atoms with Gasteiger partial charge in [-0.2, -0.15) is 5.26 Å². The molecule has 0 bridgehead atoms. The molecule has 2 aromatic rings. The molecule has 6 nitrogen and oxygen atoms in total. The number of aromatic nitrogens is 1. The monoisotopic (exact) mass is 358 g/mol. The van der Waals surface area contributed by atoms with Crippen LogP contribution in [0.1, 0.15) is 24.1 Å². The molecule has 1 aromatic carbocycles. The van der Waals surface area contributed by atoms with Gasteiger partial charge in [-0.3, -0.25) is 4.90 Å². The van der Waals surface area contributed by atoms with Gasteiger partial charge in [0.2, 0.25) is 10.0 Å². The molecular formula is C18H22N4O2S. The highest BCUT2D eigenvalue weighted by molar-refractivity contribution is 7.89. The molecule has 0 amide bonds. The van der Waals surface area contributed by atoms with E-state index in [1.54, 1.807) is 30.3 Å². The number of sulfonamides is 1. The van der Waals surface area contributed by atoms with E-state index in [1.165, 1.54) is 0 Å². The normalized spacial score (nSPS) is 18.8. The van der Waals surface area contributed by atoms with Crippen LogP contribution in [-0.2, 0) is 23.6 Å². The van der Waals surface area contributed by atoms with Gasteiger partial charge >= 0.3 is 0 Å². The van der Waals surface area contributed by atoms with Crippen LogP contribution in [-0.4, -0.2) is 37.0 Å². The Morgan fingerprint density at radius 3 is 2.76 bits per heavy atom. The predicted octanol–water partition coefficient (Wildman–Crippen LogP) is 1.84. The Bertz CT molecular complexity index is 868. The highest BCUT2D eigenvalue weighted by atomic mass is 32.2. The molecule has 0 spiro atoms. The molecule has 0 saturated carbocycles. The van der Waals surface area contributed by atoms with Gasteiger partial charge < -0.3 is 4.57 Å².